The van der Waals surface area contributed by atoms with Gasteiger partial charge in [0.2, 0.25) is 0 Å². The van der Waals surface area contributed by atoms with Crippen LogP contribution in [0.15, 0.2) is 34.9 Å². The number of carboxylic acid groups (broad SMARTS) is 1. The van der Waals surface area contributed by atoms with Gasteiger partial charge in [0.1, 0.15) is 0 Å². The van der Waals surface area contributed by atoms with E-state index in [2.05, 4.69) is 45.9 Å². The van der Waals surface area contributed by atoms with Crippen LogP contribution in [0.25, 0.3) is 0 Å². The molecule has 2 aliphatic rings. The summed E-state index contributed by atoms with van der Waals surface area (Å²) in [6, 6.07) is 0. The second-order valence-electron chi connectivity index (χ2n) is 11.0. The van der Waals surface area contributed by atoms with Crippen LogP contribution in [0.5, 0.6) is 0 Å². The van der Waals surface area contributed by atoms with E-state index in [1.54, 1.807) is 6.92 Å². The first kappa shape index (κ1) is 26.9. The van der Waals surface area contributed by atoms with Gasteiger partial charge in [-0.1, -0.05) is 43.2 Å². The lowest BCUT2D eigenvalue weighted by Gasteiger charge is -2.44. The zero-order chi connectivity index (χ0) is 23.9. The third kappa shape index (κ3) is 8.19. The molecule has 32 heavy (non-hydrogen) atoms. The fourth-order valence-corrected chi connectivity index (χ4v) is 4.92. The summed E-state index contributed by atoms with van der Waals surface area (Å²) < 4.78 is 6.63. The second kappa shape index (κ2) is 11.7. The number of ether oxygens (including phenoxy) is 1. The summed E-state index contributed by atoms with van der Waals surface area (Å²) in [5.74, 6) is -0.627. The Balaban J connectivity index is 1.70. The molecule has 0 spiro atoms. The fraction of sp³-hybridized carbons (Fsp3) is 0.750. The van der Waals surface area contributed by atoms with E-state index < -0.39 is 11.6 Å². The topological polar surface area (TPSA) is 66.8 Å². The highest BCUT2D eigenvalue weighted by Gasteiger charge is 2.38. The molecular weight excluding hydrogens is 400 g/mol. The normalized spacial score (nSPS) is 28.9. The van der Waals surface area contributed by atoms with Crippen LogP contribution in [0.3, 0.4) is 0 Å². The van der Waals surface area contributed by atoms with Crippen LogP contribution >= 0.6 is 0 Å². The average molecular weight is 447 g/mol. The molecule has 2 N–H and O–H groups in total. The lowest BCUT2D eigenvalue weighted by atomic mass is 9.78. The summed E-state index contributed by atoms with van der Waals surface area (Å²) in [6.07, 6.45) is 16.1. The summed E-state index contributed by atoms with van der Waals surface area (Å²) in [5.41, 5.74) is 3.48. The molecule has 1 heterocycles. The summed E-state index contributed by atoms with van der Waals surface area (Å²) in [5, 5.41) is 19.6. The van der Waals surface area contributed by atoms with Crippen LogP contribution in [0.4, 0.5) is 0 Å². The van der Waals surface area contributed by atoms with Gasteiger partial charge in [-0.3, -0.25) is 4.79 Å². The zero-order valence-electron chi connectivity index (χ0n) is 21.2. The molecule has 1 fully saturated rings. The number of rotatable bonds is 12. The van der Waals surface area contributed by atoms with Crippen molar-refractivity contribution < 1.29 is 19.7 Å². The van der Waals surface area contributed by atoms with Crippen molar-refractivity contribution in [3.63, 3.8) is 0 Å². The number of fused-ring (bicyclic) bond motifs is 1. The lowest BCUT2D eigenvalue weighted by molar-refractivity contribution is -0.141. The van der Waals surface area contributed by atoms with Gasteiger partial charge in [-0.15, -0.1) is 0 Å². The van der Waals surface area contributed by atoms with Crippen LogP contribution in [0.2, 0.25) is 0 Å². The predicted octanol–water partition coefficient (Wildman–Crippen LogP) is 6.99. The van der Waals surface area contributed by atoms with E-state index in [-0.39, 0.29) is 17.6 Å². The number of hydrogen-bond donors (Lipinski definition) is 2. The number of hydrogen-bond acceptors (Lipinski definition) is 3. The lowest BCUT2D eigenvalue weighted by Crippen LogP contribution is -2.43. The number of carbonyl (C=O) groups is 1. The van der Waals surface area contributed by atoms with E-state index in [0.29, 0.717) is 18.8 Å². The third-order valence-corrected chi connectivity index (χ3v) is 7.68. The molecule has 1 aliphatic carbocycles. The van der Waals surface area contributed by atoms with Gasteiger partial charge in [-0.2, -0.15) is 0 Å². The van der Waals surface area contributed by atoms with Gasteiger partial charge < -0.3 is 14.9 Å². The minimum Gasteiger partial charge on any atom is -0.481 e. The van der Waals surface area contributed by atoms with Gasteiger partial charge in [0.15, 0.2) is 0 Å². The molecule has 0 radical (unpaired) electrons. The van der Waals surface area contributed by atoms with Gasteiger partial charge in [0.25, 0.3) is 0 Å². The molecule has 1 saturated heterocycles. The predicted molar refractivity (Wildman–Crippen MR) is 132 cm³/mol. The van der Waals surface area contributed by atoms with Crippen LogP contribution in [-0.2, 0) is 9.53 Å². The minimum atomic E-state index is -0.755. The maximum atomic E-state index is 10.9. The van der Waals surface area contributed by atoms with Crippen molar-refractivity contribution >= 4 is 5.97 Å². The molecule has 0 saturated carbocycles. The van der Waals surface area contributed by atoms with Gasteiger partial charge in [0, 0.05) is 5.92 Å². The van der Waals surface area contributed by atoms with Gasteiger partial charge in [-0.05, 0) is 97.5 Å². The van der Waals surface area contributed by atoms with Crippen LogP contribution in [-0.4, -0.2) is 33.5 Å². The molecule has 182 valence electrons. The molecule has 0 aromatic heterocycles. The van der Waals surface area contributed by atoms with E-state index in [1.165, 1.54) is 16.7 Å². The molecule has 5 unspecified atom stereocenters. The van der Waals surface area contributed by atoms with E-state index in [9.17, 15) is 9.90 Å². The van der Waals surface area contributed by atoms with E-state index >= 15 is 0 Å². The monoisotopic (exact) mass is 446 g/mol. The molecule has 0 bridgehead atoms. The summed E-state index contributed by atoms with van der Waals surface area (Å²) in [4.78, 5) is 10.9. The Morgan fingerprint density at radius 1 is 1.34 bits per heavy atom. The van der Waals surface area contributed by atoms with Crippen LogP contribution in [0.1, 0.15) is 106 Å². The molecule has 0 amide bonds. The first-order valence-electron chi connectivity index (χ1n) is 12.6. The summed E-state index contributed by atoms with van der Waals surface area (Å²) in [7, 11) is 0. The van der Waals surface area contributed by atoms with Gasteiger partial charge in [-0.25, -0.2) is 0 Å². The Hall–Kier alpha value is -1.39. The molecule has 0 aromatic rings. The van der Waals surface area contributed by atoms with Crippen molar-refractivity contribution in [1.82, 2.24) is 0 Å². The summed E-state index contributed by atoms with van der Waals surface area (Å²) in [6.45, 7) is 12.5. The van der Waals surface area contributed by atoms with Crippen molar-refractivity contribution in [1.29, 1.82) is 0 Å². The number of aliphatic hydroxyl groups is 1. The highest BCUT2D eigenvalue weighted by Crippen LogP contribution is 2.41. The van der Waals surface area contributed by atoms with Crippen molar-refractivity contribution in [2.45, 2.75) is 123 Å². The Labute approximate surface area is 195 Å². The van der Waals surface area contributed by atoms with E-state index in [1.807, 2.05) is 6.92 Å². The Bertz CT molecular complexity index is 730. The van der Waals surface area contributed by atoms with Crippen LogP contribution in [0, 0.1) is 11.8 Å². The maximum absolute atomic E-state index is 10.9. The van der Waals surface area contributed by atoms with Crippen molar-refractivity contribution in [3.05, 3.63) is 34.9 Å². The van der Waals surface area contributed by atoms with E-state index in [0.717, 1.165) is 51.4 Å². The molecular formula is C28H46O4. The number of carboxylic acids is 1. The standard InChI is InChI=1S/C28H46O4/c1-20(10-7-16-27(5,31)17-9-12-22(3)26(29)30)11-8-18-28(6)19-15-24-14-13-21(2)23(4)25(24)32-28/h11,13-14,22-23,25,31H,7-10,12,15-19H2,1-6H3,(H,29,30)/b20-11+. The molecule has 5 atom stereocenters. The maximum Gasteiger partial charge on any atom is 0.306 e. The van der Waals surface area contributed by atoms with Crippen molar-refractivity contribution in [2.24, 2.45) is 11.8 Å². The number of aliphatic carboxylic acids is 1. The SMILES string of the molecule is CC1=CC=C2CCC(C)(CC/C=C(\C)CCCC(C)(O)CCCC(C)C(=O)O)OC2C1C. The molecule has 4 nitrogen and oxygen atoms in total. The Morgan fingerprint density at radius 2 is 2.03 bits per heavy atom. The Morgan fingerprint density at radius 3 is 2.72 bits per heavy atom. The van der Waals surface area contributed by atoms with Gasteiger partial charge in [0.05, 0.1) is 23.2 Å². The average Bonchev–Trinajstić information content (AvgIpc) is 2.70. The molecule has 4 heteroatoms. The van der Waals surface area contributed by atoms with Crippen molar-refractivity contribution in [3.8, 4) is 0 Å². The quantitative estimate of drug-likeness (QED) is 0.317. The van der Waals surface area contributed by atoms with Crippen LogP contribution < -0.4 is 0 Å². The van der Waals surface area contributed by atoms with Crippen molar-refractivity contribution in [2.75, 3.05) is 0 Å². The largest absolute Gasteiger partial charge is 0.481 e. The highest BCUT2D eigenvalue weighted by atomic mass is 16.5. The zero-order valence-corrected chi connectivity index (χ0v) is 21.2. The number of allylic oxidation sites excluding steroid dienone is 4. The molecule has 1 aliphatic heterocycles. The fourth-order valence-electron chi connectivity index (χ4n) is 4.92. The third-order valence-electron chi connectivity index (χ3n) is 7.68. The smallest absolute Gasteiger partial charge is 0.306 e. The van der Waals surface area contributed by atoms with Gasteiger partial charge >= 0.3 is 5.97 Å². The first-order chi connectivity index (χ1) is 14.9. The summed E-state index contributed by atoms with van der Waals surface area (Å²) >= 11 is 0. The highest BCUT2D eigenvalue weighted by molar-refractivity contribution is 5.69. The Kier molecular flexibility index (Phi) is 9.78. The first-order valence-corrected chi connectivity index (χ1v) is 12.6. The second-order valence-corrected chi connectivity index (χ2v) is 11.0. The minimum absolute atomic E-state index is 0.0541. The molecule has 2 rings (SSSR count). The van der Waals surface area contributed by atoms with E-state index in [4.69, 9.17) is 9.84 Å². The molecule has 0 aromatic carbocycles.